The largest absolute Gasteiger partial charge is 0.465 e. The molecular formula is C12H12O3. The Morgan fingerprint density at radius 2 is 2.00 bits per heavy atom. The molecule has 0 radical (unpaired) electrons. The molecule has 1 fully saturated rings. The van der Waals surface area contributed by atoms with Gasteiger partial charge in [0.1, 0.15) is 0 Å². The maximum absolute atomic E-state index is 11.2. The van der Waals surface area contributed by atoms with Crippen LogP contribution in [0.25, 0.3) is 6.08 Å². The zero-order valence-electron chi connectivity index (χ0n) is 8.53. The summed E-state index contributed by atoms with van der Waals surface area (Å²) in [5.74, 6) is -0.304. The van der Waals surface area contributed by atoms with E-state index in [9.17, 15) is 4.79 Å². The summed E-state index contributed by atoms with van der Waals surface area (Å²) in [6, 6.07) is 7.32. The van der Waals surface area contributed by atoms with Crippen LogP contribution in [0, 0.1) is 0 Å². The molecule has 0 amide bonds. The Kier molecular flexibility index (Phi) is 2.83. The van der Waals surface area contributed by atoms with Crippen molar-refractivity contribution in [1.29, 1.82) is 0 Å². The highest BCUT2D eigenvalue weighted by molar-refractivity contribution is 5.89. The van der Waals surface area contributed by atoms with Crippen LogP contribution >= 0.6 is 0 Å². The molecule has 2 rings (SSSR count). The van der Waals surface area contributed by atoms with Gasteiger partial charge in [0.05, 0.1) is 25.9 Å². The van der Waals surface area contributed by atoms with Crippen molar-refractivity contribution in [2.75, 3.05) is 20.3 Å². The van der Waals surface area contributed by atoms with Crippen molar-refractivity contribution in [1.82, 2.24) is 0 Å². The van der Waals surface area contributed by atoms with Crippen LogP contribution < -0.4 is 0 Å². The molecule has 1 heterocycles. The molecule has 1 aromatic carbocycles. The maximum atomic E-state index is 11.2. The fourth-order valence-corrected chi connectivity index (χ4v) is 1.37. The van der Waals surface area contributed by atoms with Crippen LogP contribution in [0.2, 0.25) is 0 Å². The van der Waals surface area contributed by atoms with E-state index in [1.54, 1.807) is 12.1 Å². The van der Waals surface area contributed by atoms with Gasteiger partial charge in [-0.05, 0) is 23.3 Å². The highest BCUT2D eigenvalue weighted by Crippen LogP contribution is 2.14. The van der Waals surface area contributed by atoms with Crippen molar-refractivity contribution in [3.8, 4) is 0 Å². The van der Waals surface area contributed by atoms with Crippen molar-refractivity contribution in [3.05, 3.63) is 41.0 Å². The predicted octanol–water partition coefficient (Wildman–Crippen LogP) is 1.89. The van der Waals surface area contributed by atoms with Crippen LogP contribution in [0.1, 0.15) is 15.9 Å². The predicted molar refractivity (Wildman–Crippen MR) is 56.6 cm³/mol. The van der Waals surface area contributed by atoms with E-state index in [0.29, 0.717) is 5.56 Å². The summed E-state index contributed by atoms with van der Waals surface area (Å²) in [4.78, 5) is 11.2. The summed E-state index contributed by atoms with van der Waals surface area (Å²) in [6.07, 6.45) is 2.07. The number of esters is 1. The molecule has 0 aliphatic carbocycles. The first-order valence-electron chi connectivity index (χ1n) is 4.75. The van der Waals surface area contributed by atoms with Crippen LogP contribution in [0.5, 0.6) is 0 Å². The highest BCUT2D eigenvalue weighted by Gasteiger charge is 2.08. The maximum Gasteiger partial charge on any atom is 0.337 e. The summed E-state index contributed by atoms with van der Waals surface area (Å²) in [7, 11) is 1.38. The fraction of sp³-hybridized carbons (Fsp3) is 0.250. The van der Waals surface area contributed by atoms with Crippen molar-refractivity contribution in [2.45, 2.75) is 0 Å². The molecule has 0 atom stereocenters. The van der Waals surface area contributed by atoms with Crippen LogP contribution in [0.4, 0.5) is 0 Å². The van der Waals surface area contributed by atoms with Crippen molar-refractivity contribution in [3.63, 3.8) is 0 Å². The second-order valence-electron chi connectivity index (χ2n) is 3.41. The molecule has 1 aromatic rings. The summed E-state index contributed by atoms with van der Waals surface area (Å²) in [6.45, 7) is 1.44. The van der Waals surface area contributed by atoms with E-state index in [-0.39, 0.29) is 5.97 Å². The number of ether oxygens (including phenoxy) is 2. The lowest BCUT2D eigenvalue weighted by molar-refractivity contribution is 0.0600. The third-order valence-electron chi connectivity index (χ3n) is 2.28. The Morgan fingerprint density at radius 1 is 1.33 bits per heavy atom. The fourth-order valence-electron chi connectivity index (χ4n) is 1.37. The van der Waals surface area contributed by atoms with E-state index in [2.05, 4.69) is 10.8 Å². The van der Waals surface area contributed by atoms with Gasteiger partial charge in [-0.1, -0.05) is 18.2 Å². The van der Waals surface area contributed by atoms with Crippen LogP contribution in [-0.2, 0) is 9.47 Å². The minimum atomic E-state index is -0.304. The zero-order chi connectivity index (χ0) is 10.7. The second-order valence-corrected chi connectivity index (χ2v) is 3.41. The van der Waals surface area contributed by atoms with E-state index in [1.165, 1.54) is 12.7 Å². The SMILES string of the molecule is COC(=O)c1ccc(C=C2COC2)cc1. The highest BCUT2D eigenvalue weighted by atomic mass is 16.5. The molecule has 78 valence electrons. The lowest BCUT2D eigenvalue weighted by Crippen LogP contribution is -2.15. The quantitative estimate of drug-likeness (QED) is 0.690. The number of carbonyl (C=O) groups excluding carboxylic acids is 1. The van der Waals surface area contributed by atoms with E-state index >= 15 is 0 Å². The van der Waals surface area contributed by atoms with Gasteiger partial charge in [-0.2, -0.15) is 0 Å². The Balaban J connectivity index is 2.13. The third-order valence-corrected chi connectivity index (χ3v) is 2.28. The molecule has 15 heavy (non-hydrogen) atoms. The monoisotopic (exact) mass is 204 g/mol. The van der Waals surface area contributed by atoms with Crippen LogP contribution in [-0.4, -0.2) is 26.3 Å². The van der Waals surface area contributed by atoms with Crippen LogP contribution in [0.3, 0.4) is 0 Å². The summed E-state index contributed by atoms with van der Waals surface area (Å²) in [5.41, 5.74) is 2.94. The number of hydrogen-bond donors (Lipinski definition) is 0. The molecule has 3 nitrogen and oxygen atoms in total. The van der Waals surface area contributed by atoms with Gasteiger partial charge in [0.25, 0.3) is 0 Å². The number of carbonyl (C=O) groups is 1. The van der Waals surface area contributed by atoms with Gasteiger partial charge in [0, 0.05) is 0 Å². The second kappa shape index (κ2) is 4.28. The van der Waals surface area contributed by atoms with Gasteiger partial charge in [0.2, 0.25) is 0 Å². The molecule has 0 aromatic heterocycles. The van der Waals surface area contributed by atoms with Gasteiger partial charge in [-0.15, -0.1) is 0 Å². The number of hydrogen-bond acceptors (Lipinski definition) is 3. The van der Waals surface area contributed by atoms with Gasteiger partial charge >= 0.3 is 5.97 Å². The average Bonchev–Trinajstić information content (AvgIpc) is 2.23. The summed E-state index contributed by atoms with van der Waals surface area (Å²) in [5, 5.41) is 0. The Hall–Kier alpha value is -1.61. The van der Waals surface area contributed by atoms with E-state index in [0.717, 1.165) is 18.8 Å². The van der Waals surface area contributed by atoms with E-state index < -0.39 is 0 Å². The minimum Gasteiger partial charge on any atom is -0.465 e. The Morgan fingerprint density at radius 3 is 2.47 bits per heavy atom. The number of methoxy groups -OCH3 is 1. The van der Waals surface area contributed by atoms with E-state index in [1.807, 2.05) is 12.1 Å². The van der Waals surface area contributed by atoms with Gasteiger partial charge in [-0.25, -0.2) is 4.79 Å². The number of rotatable bonds is 2. The van der Waals surface area contributed by atoms with Gasteiger partial charge < -0.3 is 9.47 Å². The standard InChI is InChI=1S/C12H12O3/c1-14-12(13)11-4-2-9(3-5-11)6-10-7-15-8-10/h2-6H,7-8H2,1H3. The topological polar surface area (TPSA) is 35.5 Å². The smallest absolute Gasteiger partial charge is 0.337 e. The molecule has 0 N–H and O–H groups in total. The first kappa shape index (κ1) is 9.93. The molecular weight excluding hydrogens is 192 g/mol. The average molecular weight is 204 g/mol. The Bertz CT molecular complexity index is 384. The van der Waals surface area contributed by atoms with E-state index in [4.69, 9.17) is 4.74 Å². The molecule has 0 saturated carbocycles. The number of benzene rings is 1. The molecule has 0 spiro atoms. The molecule has 3 heteroatoms. The first-order chi connectivity index (χ1) is 7.29. The van der Waals surface area contributed by atoms with Crippen molar-refractivity contribution in [2.24, 2.45) is 0 Å². The summed E-state index contributed by atoms with van der Waals surface area (Å²) < 4.78 is 9.66. The van der Waals surface area contributed by atoms with Crippen molar-refractivity contribution < 1.29 is 14.3 Å². The Labute approximate surface area is 88.3 Å². The molecule has 0 bridgehead atoms. The lowest BCUT2D eigenvalue weighted by Gasteiger charge is -2.17. The lowest BCUT2D eigenvalue weighted by atomic mass is 10.1. The first-order valence-corrected chi connectivity index (χ1v) is 4.75. The van der Waals surface area contributed by atoms with Gasteiger partial charge in [-0.3, -0.25) is 0 Å². The molecule has 1 aliphatic heterocycles. The third kappa shape index (κ3) is 2.25. The molecule has 0 unspecified atom stereocenters. The van der Waals surface area contributed by atoms with Crippen molar-refractivity contribution >= 4 is 12.0 Å². The molecule has 1 aliphatic rings. The zero-order valence-corrected chi connectivity index (χ0v) is 8.53. The summed E-state index contributed by atoms with van der Waals surface area (Å²) >= 11 is 0. The normalized spacial score (nSPS) is 14.3. The molecule has 1 saturated heterocycles. The minimum absolute atomic E-state index is 0.304. The van der Waals surface area contributed by atoms with Crippen LogP contribution in [0.15, 0.2) is 29.8 Å². The van der Waals surface area contributed by atoms with Gasteiger partial charge in [0.15, 0.2) is 0 Å².